The Hall–Kier alpha value is -0.160. The van der Waals surface area contributed by atoms with E-state index in [0.29, 0.717) is 4.48 Å². The molecule has 0 aromatic rings. The summed E-state index contributed by atoms with van der Waals surface area (Å²) >= 11 is 3.03. The maximum Gasteiger partial charge on any atom is 0.233 e. The Morgan fingerprint density at radius 2 is 2.25 bits per heavy atom. The average molecular weight is 255 g/mol. The van der Waals surface area contributed by atoms with Crippen molar-refractivity contribution in [3.63, 3.8) is 0 Å². The first-order valence-corrected chi connectivity index (χ1v) is 5.97. The van der Waals surface area contributed by atoms with Gasteiger partial charge in [-0.3, -0.25) is 0 Å². The number of rotatable bonds is 1. The first kappa shape index (κ1) is 9.92. The highest BCUT2D eigenvalue weighted by Gasteiger charge is 2.39. The average Bonchev–Trinajstić information content (AvgIpc) is 1.83. The standard InChI is InChI=1S/C7H8BrFO2S/c1-12(10,11)7(9)4-2-3-6(8)5-7/h2-3,5H,4H2,1H3. The number of alkyl halides is 1. The van der Waals surface area contributed by atoms with Crippen molar-refractivity contribution in [3.8, 4) is 0 Å². The molecule has 1 aliphatic carbocycles. The van der Waals surface area contributed by atoms with Crippen molar-refractivity contribution in [1.29, 1.82) is 0 Å². The van der Waals surface area contributed by atoms with E-state index in [4.69, 9.17) is 0 Å². The number of halogens is 2. The van der Waals surface area contributed by atoms with Crippen LogP contribution in [0.25, 0.3) is 0 Å². The molecule has 0 aliphatic heterocycles. The zero-order chi connectivity index (χ0) is 9.41. The lowest BCUT2D eigenvalue weighted by Crippen LogP contribution is -2.31. The minimum atomic E-state index is -3.68. The summed E-state index contributed by atoms with van der Waals surface area (Å²) in [5.41, 5.74) is 0. The molecular weight excluding hydrogens is 247 g/mol. The predicted molar refractivity (Wildman–Crippen MR) is 49.4 cm³/mol. The van der Waals surface area contributed by atoms with E-state index in [2.05, 4.69) is 15.9 Å². The molecule has 0 spiro atoms. The van der Waals surface area contributed by atoms with Crippen molar-refractivity contribution >= 4 is 25.8 Å². The van der Waals surface area contributed by atoms with Crippen LogP contribution in [0.3, 0.4) is 0 Å². The number of sulfone groups is 1. The molecule has 0 radical (unpaired) electrons. The lowest BCUT2D eigenvalue weighted by atomic mass is 10.1. The fourth-order valence-corrected chi connectivity index (χ4v) is 2.34. The molecule has 68 valence electrons. The van der Waals surface area contributed by atoms with Crippen LogP contribution in [0.2, 0.25) is 0 Å². The number of hydrogen-bond acceptors (Lipinski definition) is 2. The Bertz CT molecular complexity index is 344. The molecular formula is C7H8BrFO2S. The van der Waals surface area contributed by atoms with E-state index >= 15 is 0 Å². The molecule has 0 saturated carbocycles. The number of hydrogen-bond donors (Lipinski definition) is 0. The minimum Gasteiger partial charge on any atom is -0.225 e. The first-order valence-electron chi connectivity index (χ1n) is 3.28. The Kier molecular flexibility index (Phi) is 2.45. The van der Waals surface area contributed by atoms with Crippen LogP contribution in [0, 0.1) is 0 Å². The largest absolute Gasteiger partial charge is 0.233 e. The van der Waals surface area contributed by atoms with Crippen molar-refractivity contribution in [2.45, 2.75) is 11.4 Å². The van der Waals surface area contributed by atoms with Crippen molar-refractivity contribution in [1.82, 2.24) is 0 Å². The van der Waals surface area contributed by atoms with Gasteiger partial charge in [0.15, 0.2) is 9.84 Å². The van der Waals surface area contributed by atoms with E-state index in [9.17, 15) is 12.8 Å². The zero-order valence-corrected chi connectivity index (χ0v) is 8.82. The molecule has 0 saturated heterocycles. The molecule has 1 unspecified atom stereocenters. The summed E-state index contributed by atoms with van der Waals surface area (Å²) in [4.78, 5) is 0. The van der Waals surface area contributed by atoms with Gasteiger partial charge in [-0.25, -0.2) is 12.8 Å². The lowest BCUT2D eigenvalue weighted by Gasteiger charge is -2.20. The van der Waals surface area contributed by atoms with Gasteiger partial charge in [0.2, 0.25) is 5.00 Å². The Morgan fingerprint density at radius 1 is 1.67 bits per heavy atom. The predicted octanol–water partition coefficient (Wildman–Crippen LogP) is 1.94. The fourth-order valence-electron chi connectivity index (χ4n) is 0.904. The van der Waals surface area contributed by atoms with Crippen LogP contribution in [-0.2, 0) is 9.84 Å². The summed E-state index contributed by atoms with van der Waals surface area (Å²) in [5, 5.41) is -2.24. The summed E-state index contributed by atoms with van der Waals surface area (Å²) in [6.45, 7) is 0. The van der Waals surface area contributed by atoms with E-state index in [0.717, 1.165) is 12.3 Å². The second kappa shape index (κ2) is 2.96. The minimum absolute atomic E-state index is 0.110. The highest BCUT2D eigenvalue weighted by atomic mass is 79.9. The van der Waals surface area contributed by atoms with Crippen molar-refractivity contribution in [2.75, 3.05) is 6.26 Å². The third kappa shape index (κ3) is 1.77. The van der Waals surface area contributed by atoms with Crippen LogP contribution in [0.5, 0.6) is 0 Å². The van der Waals surface area contributed by atoms with Gasteiger partial charge in [0.25, 0.3) is 0 Å². The van der Waals surface area contributed by atoms with E-state index in [1.54, 1.807) is 6.08 Å². The van der Waals surface area contributed by atoms with E-state index < -0.39 is 14.8 Å². The quantitative estimate of drug-likeness (QED) is 0.717. The lowest BCUT2D eigenvalue weighted by molar-refractivity contribution is 0.332. The van der Waals surface area contributed by atoms with E-state index in [1.165, 1.54) is 6.08 Å². The summed E-state index contributed by atoms with van der Waals surface area (Å²) in [7, 11) is -3.68. The molecule has 0 amide bonds. The smallest absolute Gasteiger partial charge is 0.225 e. The third-order valence-electron chi connectivity index (χ3n) is 1.64. The van der Waals surface area contributed by atoms with Gasteiger partial charge in [-0.2, -0.15) is 0 Å². The van der Waals surface area contributed by atoms with Gasteiger partial charge in [-0.15, -0.1) is 0 Å². The van der Waals surface area contributed by atoms with Crippen molar-refractivity contribution in [3.05, 3.63) is 22.7 Å². The Labute approximate surface area is 79.2 Å². The zero-order valence-electron chi connectivity index (χ0n) is 6.42. The second-order valence-electron chi connectivity index (χ2n) is 2.69. The third-order valence-corrected chi connectivity index (χ3v) is 3.65. The molecule has 0 heterocycles. The molecule has 0 aromatic heterocycles. The summed E-state index contributed by atoms with van der Waals surface area (Å²) in [6, 6.07) is 0. The molecule has 2 nitrogen and oxygen atoms in total. The SMILES string of the molecule is CS(=O)(=O)C1(F)C=C(Br)C=CC1. The molecule has 0 bridgehead atoms. The maximum absolute atomic E-state index is 13.6. The van der Waals surface area contributed by atoms with Gasteiger partial charge in [0.05, 0.1) is 0 Å². The van der Waals surface area contributed by atoms with Crippen LogP contribution in [0.4, 0.5) is 4.39 Å². The van der Waals surface area contributed by atoms with Gasteiger partial charge in [0, 0.05) is 17.2 Å². The summed E-state index contributed by atoms with van der Waals surface area (Å²) in [6.07, 6.45) is 4.97. The van der Waals surface area contributed by atoms with Crippen molar-refractivity contribution in [2.24, 2.45) is 0 Å². The van der Waals surface area contributed by atoms with Crippen LogP contribution < -0.4 is 0 Å². The molecule has 12 heavy (non-hydrogen) atoms. The molecule has 1 rings (SSSR count). The molecule has 0 aromatic carbocycles. The van der Waals surface area contributed by atoms with Crippen LogP contribution in [0.15, 0.2) is 22.7 Å². The van der Waals surface area contributed by atoms with Gasteiger partial charge in [-0.1, -0.05) is 28.1 Å². The molecule has 1 atom stereocenters. The summed E-state index contributed by atoms with van der Waals surface area (Å²) in [5.74, 6) is 0. The molecule has 0 fully saturated rings. The monoisotopic (exact) mass is 254 g/mol. The van der Waals surface area contributed by atoms with Gasteiger partial charge in [0.1, 0.15) is 0 Å². The van der Waals surface area contributed by atoms with Gasteiger partial charge in [-0.05, 0) is 6.08 Å². The van der Waals surface area contributed by atoms with Crippen LogP contribution >= 0.6 is 15.9 Å². The topological polar surface area (TPSA) is 34.1 Å². The van der Waals surface area contributed by atoms with E-state index in [-0.39, 0.29) is 6.42 Å². The fraction of sp³-hybridized carbons (Fsp3) is 0.429. The van der Waals surface area contributed by atoms with E-state index in [1.807, 2.05) is 0 Å². The molecule has 0 N–H and O–H groups in total. The Morgan fingerprint density at radius 3 is 2.58 bits per heavy atom. The maximum atomic E-state index is 13.6. The molecule has 1 aliphatic rings. The van der Waals surface area contributed by atoms with Gasteiger partial charge >= 0.3 is 0 Å². The van der Waals surface area contributed by atoms with Crippen molar-refractivity contribution < 1.29 is 12.8 Å². The molecule has 5 heteroatoms. The first-order chi connectivity index (χ1) is 5.35. The number of allylic oxidation sites excluding steroid dienone is 3. The summed E-state index contributed by atoms with van der Waals surface area (Å²) < 4.78 is 36.0. The van der Waals surface area contributed by atoms with Crippen LogP contribution in [0.1, 0.15) is 6.42 Å². The second-order valence-corrected chi connectivity index (χ2v) is 5.83. The van der Waals surface area contributed by atoms with Gasteiger partial charge < -0.3 is 0 Å². The Balaban J connectivity index is 3.13. The normalized spacial score (nSPS) is 30.1. The highest BCUT2D eigenvalue weighted by Crippen LogP contribution is 2.32. The highest BCUT2D eigenvalue weighted by molar-refractivity contribution is 9.11. The van der Waals surface area contributed by atoms with Crippen LogP contribution in [-0.4, -0.2) is 19.7 Å².